The van der Waals surface area contributed by atoms with Gasteiger partial charge in [-0.05, 0) is 12.5 Å². The third-order valence-corrected chi connectivity index (χ3v) is 7.35. The van der Waals surface area contributed by atoms with Crippen molar-refractivity contribution in [1.29, 1.82) is 0 Å². The summed E-state index contributed by atoms with van der Waals surface area (Å²) in [6.45, 7) is 3.73. The normalized spacial score (nSPS) is 22.2. The average Bonchev–Trinajstić information content (AvgIpc) is 2.88. The fourth-order valence-electron chi connectivity index (χ4n) is 1.91. The number of rotatable bonds is 4. The quantitative estimate of drug-likeness (QED) is 0.920. The molecule has 2 heterocycles. The van der Waals surface area contributed by atoms with E-state index in [0.717, 1.165) is 17.1 Å². The van der Waals surface area contributed by atoms with Crippen LogP contribution in [0.4, 0.5) is 0 Å². The first kappa shape index (κ1) is 14.3. The molecule has 7 heteroatoms. The molecule has 18 heavy (non-hydrogen) atoms. The van der Waals surface area contributed by atoms with E-state index in [-0.39, 0.29) is 0 Å². The number of thioether (sulfide) groups is 1. The van der Waals surface area contributed by atoms with Crippen molar-refractivity contribution in [3.8, 4) is 0 Å². The standard InChI is InChI=1S/C11H18N2O2S3/c1-2-9-7-13(3-4-16-9)18(14,15)11-5-10(6-12)17-8-11/h5,8-9H,2-4,6-7,12H2,1H3. The minimum absolute atomic E-state index is 0.396. The van der Waals surface area contributed by atoms with Crippen molar-refractivity contribution in [3.63, 3.8) is 0 Å². The van der Waals surface area contributed by atoms with Gasteiger partial charge in [-0.3, -0.25) is 0 Å². The van der Waals surface area contributed by atoms with Crippen molar-refractivity contribution in [2.45, 2.75) is 30.0 Å². The summed E-state index contributed by atoms with van der Waals surface area (Å²) >= 11 is 3.28. The zero-order valence-electron chi connectivity index (χ0n) is 10.3. The van der Waals surface area contributed by atoms with Gasteiger partial charge in [0.1, 0.15) is 0 Å². The summed E-state index contributed by atoms with van der Waals surface area (Å²) in [6, 6.07) is 1.70. The molecule has 0 bridgehead atoms. The van der Waals surface area contributed by atoms with Crippen molar-refractivity contribution in [3.05, 3.63) is 16.3 Å². The number of hydrogen-bond acceptors (Lipinski definition) is 5. The molecule has 0 saturated carbocycles. The fourth-order valence-corrected chi connectivity index (χ4v) is 5.93. The Morgan fingerprint density at radius 2 is 2.33 bits per heavy atom. The van der Waals surface area contributed by atoms with E-state index in [1.165, 1.54) is 11.3 Å². The van der Waals surface area contributed by atoms with Crippen molar-refractivity contribution in [1.82, 2.24) is 4.31 Å². The fraction of sp³-hybridized carbons (Fsp3) is 0.636. The first-order valence-electron chi connectivity index (χ1n) is 5.97. The molecule has 0 amide bonds. The van der Waals surface area contributed by atoms with E-state index in [2.05, 4.69) is 6.92 Å². The van der Waals surface area contributed by atoms with E-state index >= 15 is 0 Å². The summed E-state index contributed by atoms with van der Waals surface area (Å²) in [7, 11) is -3.32. The summed E-state index contributed by atoms with van der Waals surface area (Å²) in [5, 5.41) is 2.11. The molecule has 1 aromatic heterocycles. The molecule has 1 aliphatic rings. The van der Waals surface area contributed by atoms with Crippen LogP contribution in [-0.2, 0) is 16.6 Å². The lowest BCUT2D eigenvalue weighted by Crippen LogP contribution is -2.41. The minimum Gasteiger partial charge on any atom is -0.326 e. The van der Waals surface area contributed by atoms with Crippen LogP contribution < -0.4 is 5.73 Å². The Balaban J connectivity index is 2.19. The Morgan fingerprint density at radius 1 is 1.56 bits per heavy atom. The van der Waals surface area contributed by atoms with Crippen LogP contribution in [-0.4, -0.2) is 36.8 Å². The molecule has 0 radical (unpaired) electrons. The number of sulfonamides is 1. The lowest BCUT2D eigenvalue weighted by molar-refractivity contribution is 0.416. The van der Waals surface area contributed by atoms with Crippen LogP contribution in [0.3, 0.4) is 0 Å². The maximum atomic E-state index is 12.5. The molecular weight excluding hydrogens is 288 g/mol. The second-order valence-electron chi connectivity index (χ2n) is 4.22. The maximum Gasteiger partial charge on any atom is 0.243 e. The molecule has 2 rings (SSSR count). The largest absolute Gasteiger partial charge is 0.326 e. The Hall–Kier alpha value is -0.0800. The number of nitrogens with zero attached hydrogens (tertiary/aromatic N) is 1. The monoisotopic (exact) mass is 306 g/mol. The summed E-state index contributed by atoms with van der Waals surface area (Å²) in [4.78, 5) is 1.31. The van der Waals surface area contributed by atoms with Gasteiger partial charge in [-0.15, -0.1) is 11.3 Å². The molecule has 1 aliphatic heterocycles. The van der Waals surface area contributed by atoms with Gasteiger partial charge in [0, 0.05) is 40.9 Å². The highest BCUT2D eigenvalue weighted by Gasteiger charge is 2.30. The maximum absolute atomic E-state index is 12.5. The Kier molecular flexibility index (Phi) is 4.71. The van der Waals surface area contributed by atoms with Gasteiger partial charge in [-0.25, -0.2) is 8.42 Å². The smallest absolute Gasteiger partial charge is 0.243 e. The molecular formula is C11H18N2O2S3. The SMILES string of the molecule is CCC1CN(S(=O)(=O)c2csc(CN)c2)CCS1. The summed E-state index contributed by atoms with van der Waals surface area (Å²) < 4.78 is 26.5. The van der Waals surface area contributed by atoms with E-state index in [1.807, 2.05) is 11.8 Å². The van der Waals surface area contributed by atoms with E-state index < -0.39 is 10.0 Å². The number of nitrogens with two attached hydrogens (primary N) is 1. The molecule has 1 fully saturated rings. The van der Waals surface area contributed by atoms with Crippen LogP contribution >= 0.6 is 23.1 Å². The van der Waals surface area contributed by atoms with Gasteiger partial charge in [0.15, 0.2) is 0 Å². The van der Waals surface area contributed by atoms with Crippen LogP contribution in [0.2, 0.25) is 0 Å². The van der Waals surface area contributed by atoms with Gasteiger partial charge in [-0.2, -0.15) is 16.1 Å². The van der Waals surface area contributed by atoms with E-state index in [4.69, 9.17) is 5.73 Å². The van der Waals surface area contributed by atoms with Crippen molar-refractivity contribution in [2.24, 2.45) is 5.73 Å². The Bertz CT molecular complexity index is 498. The summed E-state index contributed by atoms with van der Waals surface area (Å²) in [6.07, 6.45) is 1.01. The van der Waals surface area contributed by atoms with Gasteiger partial charge in [0.2, 0.25) is 10.0 Å². The third-order valence-electron chi connectivity index (χ3n) is 3.03. The van der Waals surface area contributed by atoms with Gasteiger partial charge in [0.05, 0.1) is 4.90 Å². The highest BCUT2D eigenvalue weighted by Crippen LogP contribution is 2.28. The van der Waals surface area contributed by atoms with Crippen molar-refractivity contribution in [2.75, 3.05) is 18.8 Å². The van der Waals surface area contributed by atoms with E-state index in [1.54, 1.807) is 15.8 Å². The van der Waals surface area contributed by atoms with E-state index in [9.17, 15) is 8.42 Å². The summed E-state index contributed by atoms with van der Waals surface area (Å²) in [5.74, 6) is 0.881. The third kappa shape index (κ3) is 2.91. The molecule has 2 N–H and O–H groups in total. The predicted molar refractivity (Wildman–Crippen MR) is 77.5 cm³/mol. The van der Waals surface area contributed by atoms with E-state index in [0.29, 0.717) is 29.8 Å². The van der Waals surface area contributed by atoms with Crippen LogP contribution in [0, 0.1) is 0 Å². The molecule has 1 atom stereocenters. The first-order valence-corrected chi connectivity index (χ1v) is 9.34. The summed E-state index contributed by atoms with van der Waals surface area (Å²) in [5.41, 5.74) is 5.53. The first-order chi connectivity index (χ1) is 8.57. The predicted octanol–water partition coefficient (Wildman–Crippen LogP) is 1.72. The van der Waals surface area contributed by atoms with Crippen LogP contribution in [0.1, 0.15) is 18.2 Å². The Morgan fingerprint density at radius 3 is 2.94 bits per heavy atom. The molecule has 1 aromatic rings. The molecule has 102 valence electrons. The molecule has 0 aromatic carbocycles. The lowest BCUT2D eigenvalue weighted by atomic mass is 10.3. The molecule has 0 spiro atoms. The lowest BCUT2D eigenvalue weighted by Gasteiger charge is -2.30. The van der Waals surface area contributed by atoms with Gasteiger partial charge < -0.3 is 5.73 Å². The minimum atomic E-state index is -3.32. The zero-order chi connectivity index (χ0) is 13.2. The highest BCUT2D eigenvalue weighted by atomic mass is 32.2. The van der Waals surface area contributed by atoms with Crippen molar-refractivity contribution >= 4 is 33.1 Å². The van der Waals surface area contributed by atoms with Gasteiger partial charge >= 0.3 is 0 Å². The highest BCUT2D eigenvalue weighted by molar-refractivity contribution is 8.00. The van der Waals surface area contributed by atoms with Crippen molar-refractivity contribution < 1.29 is 8.42 Å². The second-order valence-corrected chi connectivity index (χ2v) is 8.56. The van der Waals surface area contributed by atoms with Crippen LogP contribution in [0.15, 0.2) is 16.3 Å². The van der Waals surface area contributed by atoms with Crippen LogP contribution in [0.5, 0.6) is 0 Å². The topological polar surface area (TPSA) is 63.4 Å². The second kappa shape index (κ2) is 5.92. The van der Waals surface area contributed by atoms with Gasteiger partial charge in [-0.1, -0.05) is 6.92 Å². The molecule has 1 unspecified atom stereocenters. The number of thiophene rings is 1. The molecule has 4 nitrogen and oxygen atoms in total. The van der Waals surface area contributed by atoms with Crippen LogP contribution in [0.25, 0.3) is 0 Å². The Labute approximate surface area is 117 Å². The average molecular weight is 306 g/mol. The molecule has 1 saturated heterocycles. The zero-order valence-corrected chi connectivity index (χ0v) is 12.8. The molecule has 0 aliphatic carbocycles. The van der Waals surface area contributed by atoms with Gasteiger partial charge in [0.25, 0.3) is 0 Å². The number of hydrogen-bond donors (Lipinski definition) is 1.